The molecule has 2 unspecified atom stereocenters. The average Bonchev–Trinajstić information content (AvgIpc) is 3.71. The van der Waals surface area contributed by atoms with E-state index >= 15 is 0 Å². The number of ether oxygens (including phenoxy) is 1. The third kappa shape index (κ3) is 6.46. The lowest BCUT2D eigenvalue weighted by Gasteiger charge is -2.31. The van der Waals surface area contributed by atoms with Gasteiger partial charge in [0.2, 0.25) is 11.8 Å². The number of hydrogen-bond acceptors (Lipinski definition) is 5. The Bertz CT molecular complexity index is 1160. The normalized spacial score (nSPS) is 21.2. The largest absolute Gasteiger partial charge is 0.490 e. The fourth-order valence-electron chi connectivity index (χ4n) is 5.97. The number of carbonyl (C=O) groups excluding carboxylic acids is 3. The summed E-state index contributed by atoms with van der Waals surface area (Å²) < 4.78 is 5.99. The fraction of sp³-hybridized carbons (Fsp3) is 0.500. The molecule has 9 nitrogen and oxygen atoms in total. The monoisotopic (exact) mass is 533 g/mol. The second-order valence-corrected chi connectivity index (χ2v) is 10.9. The number of carbonyl (C=O) groups is 3. The van der Waals surface area contributed by atoms with Crippen LogP contribution < -0.4 is 20.3 Å². The molecule has 9 heteroatoms. The van der Waals surface area contributed by atoms with Crippen molar-refractivity contribution < 1.29 is 19.1 Å². The number of likely N-dealkylation sites (N-methyl/N-ethyl adjacent to an activating group) is 1. The summed E-state index contributed by atoms with van der Waals surface area (Å²) in [5, 5.41) is 5.75. The standard InChI is InChI=1S/C30H39N5O4/c1-21(36)35-18-5-8-28(35)29(37)33(2)25-17-19-34(20-25)24-13-9-22(10-14-24)31-30(38)32-23-11-15-27(16-12-23)39-26-6-3-4-7-26/h9-16,25-26,28H,3-8,17-20H2,1-2H3,(H2,31,32,38). The van der Waals surface area contributed by atoms with E-state index in [4.69, 9.17) is 4.74 Å². The van der Waals surface area contributed by atoms with Crippen molar-refractivity contribution in [2.45, 2.75) is 70.1 Å². The van der Waals surface area contributed by atoms with Crippen LogP contribution in [-0.4, -0.2) is 72.5 Å². The summed E-state index contributed by atoms with van der Waals surface area (Å²) in [6.45, 7) is 3.78. The van der Waals surface area contributed by atoms with Crippen LogP contribution in [0.2, 0.25) is 0 Å². The van der Waals surface area contributed by atoms with Crippen LogP contribution in [0.25, 0.3) is 0 Å². The van der Waals surface area contributed by atoms with Gasteiger partial charge >= 0.3 is 6.03 Å². The van der Waals surface area contributed by atoms with Gasteiger partial charge in [0, 0.05) is 50.7 Å². The maximum atomic E-state index is 13.1. The summed E-state index contributed by atoms with van der Waals surface area (Å²) >= 11 is 0. The van der Waals surface area contributed by atoms with Gasteiger partial charge in [-0.1, -0.05) is 0 Å². The summed E-state index contributed by atoms with van der Waals surface area (Å²) in [5.74, 6) is 0.840. The molecule has 4 amide bonds. The van der Waals surface area contributed by atoms with E-state index in [0.29, 0.717) is 24.0 Å². The minimum Gasteiger partial charge on any atom is -0.490 e. The zero-order chi connectivity index (χ0) is 27.4. The average molecular weight is 534 g/mol. The molecule has 2 aromatic rings. The van der Waals surface area contributed by atoms with Crippen LogP contribution >= 0.6 is 0 Å². The highest BCUT2D eigenvalue weighted by atomic mass is 16.5. The molecule has 1 saturated carbocycles. The smallest absolute Gasteiger partial charge is 0.323 e. The van der Waals surface area contributed by atoms with Gasteiger partial charge in [-0.3, -0.25) is 9.59 Å². The Morgan fingerprint density at radius 3 is 2.13 bits per heavy atom. The predicted molar refractivity (Wildman–Crippen MR) is 152 cm³/mol. The Kier molecular flexibility index (Phi) is 8.24. The van der Waals surface area contributed by atoms with Crippen molar-refractivity contribution in [1.82, 2.24) is 9.80 Å². The van der Waals surface area contributed by atoms with Gasteiger partial charge in [0.15, 0.2) is 0 Å². The Morgan fingerprint density at radius 1 is 0.846 bits per heavy atom. The number of anilines is 3. The van der Waals surface area contributed by atoms with Gasteiger partial charge in [-0.25, -0.2) is 4.79 Å². The Balaban J connectivity index is 1.09. The molecule has 2 atom stereocenters. The second kappa shape index (κ2) is 12.0. The number of hydrogen-bond donors (Lipinski definition) is 2. The van der Waals surface area contributed by atoms with Gasteiger partial charge in [-0.15, -0.1) is 0 Å². The van der Waals surface area contributed by atoms with Gasteiger partial charge in [-0.05, 0) is 93.5 Å². The van der Waals surface area contributed by atoms with E-state index < -0.39 is 0 Å². The van der Waals surface area contributed by atoms with E-state index in [-0.39, 0.29) is 29.9 Å². The molecule has 0 radical (unpaired) electrons. The zero-order valence-corrected chi connectivity index (χ0v) is 22.9. The van der Waals surface area contributed by atoms with Crippen molar-refractivity contribution in [2.24, 2.45) is 0 Å². The molecular formula is C30H39N5O4. The van der Waals surface area contributed by atoms with Crippen LogP contribution in [0.15, 0.2) is 48.5 Å². The van der Waals surface area contributed by atoms with E-state index in [1.807, 2.05) is 60.5 Å². The van der Waals surface area contributed by atoms with Crippen molar-refractivity contribution in [3.63, 3.8) is 0 Å². The van der Waals surface area contributed by atoms with Crippen molar-refractivity contribution in [3.05, 3.63) is 48.5 Å². The molecule has 208 valence electrons. The molecule has 2 saturated heterocycles. The van der Waals surface area contributed by atoms with Gasteiger partial charge in [0.25, 0.3) is 0 Å². The number of rotatable bonds is 7. The minimum absolute atomic E-state index is 0.0308. The van der Waals surface area contributed by atoms with E-state index in [0.717, 1.165) is 56.6 Å². The first-order chi connectivity index (χ1) is 18.9. The zero-order valence-electron chi connectivity index (χ0n) is 22.9. The van der Waals surface area contributed by atoms with E-state index in [2.05, 4.69) is 15.5 Å². The molecule has 0 spiro atoms. The van der Waals surface area contributed by atoms with Crippen molar-refractivity contribution in [2.75, 3.05) is 42.2 Å². The summed E-state index contributed by atoms with van der Waals surface area (Å²) in [5.41, 5.74) is 2.45. The number of nitrogens with one attached hydrogen (secondary N) is 2. The van der Waals surface area contributed by atoms with Crippen molar-refractivity contribution in [1.29, 1.82) is 0 Å². The van der Waals surface area contributed by atoms with Crippen LogP contribution in [0, 0.1) is 0 Å². The molecule has 2 aliphatic heterocycles. The Morgan fingerprint density at radius 2 is 1.49 bits per heavy atom. The first kappa shape index (κ1) is 26.8. The number of amides is 4. The third-order valence-electron chi connectivity index (χ3n) is 8.21. The van der Waals surface area contributed by atoms with Crippen LogP contribution in [0.4, 0.5) is 21.9 Å². The molecule has 2 N–H and O–H groups in total. The summed E-state index contributed by atoms with van der Waals surface area (Å²) in [4.78, 5) is 43.3. The van der Waals surface area contributed by atoms with Crippen LogP contribution in [0.3, 0.4) is 0 Å². The third-order valence-corrected chi connectivity index (χ3v) is 8.21. The highest BCUT2D eigenvalue weighted by Gasteiger charge is 2.37. The number of likely N-dealkylation sites (tertiary alicyclic amines) is 1. The first-order valence-electron chi connectivity index (χ1n) is 14.1. The maximum Gasteiger partial charge on any atom is 0.323 e. The molecule has 2 aromatic carbocycles. The van der Waals surface area contributed by atoms with Crippen LogP contribution in [-0.2, 0) is 9.59 Å². The lowest BCUT2D eigenvalue weighted by molar-refractivity contribution is -0.143. The molecule has 2 heterocycles. The topological polar surface area (TPSA) is 94.2 Å². The number of urea groups is 1. The van der Waals surface area contributed by atoms with Crippen molar-refractivity contribution >= 4 is 34.9 Å². The Hall–Kier alpha value is -3.75. The molecule has 0 aromatic heterocycles. The van der Waals surface area contributed by atoms with E-state index in [9.17, 15) is 14.4 Å². The van der Waals surface area contributed by atoms with Gasteiger partial charge in [0.05, 0.1) is 12.1 Å². The molecule has 5 rings (SSSR count). The predicted octanol–water partition coefficient (Wildman–Crippen LogP) is 4.70. The molecule has 1 aliphatic carbocycles. The lowest BCUT2D eigenvalue weighted by Crippen LogP contribution is -2.49. The minimum atomic E-state index is -0.332. The second-order valence-electron chi connectivity index (χ2n) is 10.9. The number of benzene rings is 2. The summed E-state index contributed by atoms with van der Waals surface area (Å²) in [7, 11) is 1.86. The quantitative estimate of drug-likeness (QED) is 0.538. The van der Waals surface area contributed by atoms with Crippen LogP contribution in [0.1, 0.15) is 51.9 Å². The molecule has 0 bridgehead atoms. The number of nitrogens with zero attached hydrogens (tertiary/aromatic N) is 3. The fourth-order valence-corrected chi connectivity index (χ4v) is 5.97. The summed E-state index contributed by atoms with van der Waals surface area (Å²) in [6, 6.07) is 14.7. The van der Waals surface area contributed by atoms with Crippen LogP contribution in [0.5, 0.6) is 5.75 Å². The lowest BCUT2D eigenvalue weighted by atomic mass is 10.1. The SMILES string of the molecule is CC(=O)N1CCCC1C(=O)N(C)C1CCN(c2ccc(NC(=O)Nc3ccc(OC4CCCC4)cc3)cc2)C1. The maximum absolute atomic E-state index is 13.1. The molecule has 3 aliphatic rings. The van der Waals surface area contributed by atoms with E-state index in [1.165, 1.54) is 19.8 Å². The molecular weight excluding hydrogens is 494 g/mol. The van der Waals surface area contributed by atoms with Gasteiger partial charge in [-0.2, -0.15) is 0 Å². The highest BCUT2D eigenvalue weighted by Crippen LogP contribution is 2.27. The first-order valence-corrected chi connectivity index (χ1v) is 14.1. The van der Waals surface area contributed by atoms with Crippen molar-refractivity contribution in [3.8, 4) is 5.75 Å². The van der Waals surface area contributed by atoms with Gasteiger partial charge < -0.3 is 30.1 Å². The summed E-state index contributed by atoms with van der Waals surface area (Å²) in [6.07, 6.45) is 7.47. The Labute approximate surface area is 230 Å². The van der Waals surface area contributed by atoms with E-state index in [1.54, 1.807) is 4.90 Å². The molecule has 3 fully saturated rings. The van der Waals surface area contributed by atoms with Gasteiger partial charge in [0.1, 0.15) is 11.8 Å². The molecule has 39 heavy (non-hydrogen) atoms. The highest BCUT2D eigenvalue weighted by molar-refractivity contribution is 5.99.